The van der Waals surface area contributed by atoms with Crippen molar-refractivity contribution in [2.75, 3.05) is 0 Å². The lowest BCUT2D eigenvalue weighted by Gasteiger charge is -2.08. The van der Waals surface area contributed by atoms with Gasteiger partial charge in [-0.1, -0.05) is 62.4 Å². The molecule has 0 spiro atoms. The third-order valence-electron chi connectivity index (χ3n) is 3.71. The minimum atomic E-state index is -0.0826. The zero-order chi connectivity index (χ0) is 15.5. The molecule has 3 rings (SSSR count). The molecule has 0 saturated heterocycles. The first-order valence-electron chi connectivity index (χ1n) is 7.40. The highest BCUT2D eigenvalue weighted by molar-refractivity contribution is 6.13. The average Bonchev–Trinajstić information content (AvgIpc) is 2.53. The summed E-state index contributed by atoms with van der Waals surface area (Å²) in [6.45, 7) is 3.69. The maximum atomic E-state index is 11.6. The Morgan fingerprint density at radius 3 is 2.09 bits per heavy atom. The van der Waals surface area contributed by atoms with Crippen LogP contribution >= 0.6 is 0 Å². The molecule has 0 aliphatic carbocycles. The number of hydrogen-bond acceptors (Lipinski definition) is 2. The maximum absolute atomic E-state index is 11.6. The second-order valence-electron chi connectivity index (χ2n) is 5.62. The fraction of sp³-hybridized carbons (Fsp3) is 0.158. The molecular formula is C19H18N2O. The molecular weight excluding hydrogens is 272 g/mol. The van der Waals surface area contributed by atoms with Gasteiger partial charge in [-0.25, -0.2) is 5.43 Å². The maximum Gasteiger partial charge on any atom is 0.242 e. The third-order valence-corrected chi connectivity index (χ3v) is 3.71. The summed E-state index contributed by atoms with van der Waals surface area (Å²) in [5, 5.41) is 8.72. The van der Waals surface area contributed by atoms with Crippen LogP contribution in [0.1, 0.15) is 19.4 Å². The van der Waals surface area contributed by atoms with E-state index in [0.29, 0.717) is 0 Å². The van der Waals surface area contributed by atoms with Gasteiger partial charge in [0.05, 0.1) is 6.21 Å². The molecule has 110 valence electrons. The predicted octanol–water partition coefficient (Wildman–Crippen LogP) is 4.10. The summed E-state index contributed by atoms with van der Waals surface area (Å²) in [7, 11) is 0. The van der Waals surface area contributed by atoms with Crippen molar-refractivity contribution in [3.63, 3.8) is 0 Å². The number of amides is 1. The van der Waals surface area contributed by atoms with Gasteiger partial charge in [0.1, 0.15) is 0 Å². The number of carbonyl (C=O) groups is 1. The van der Waals surface area contributed by atoms with E-state index < -0.39 is 0 Å². The van der Waals surface area contributed by atoms with Crippen molar-refractivity contribution >= 4 is 33.7 Å². The average molecular weight is 290 g/mol. The second-order valence-corrected chi connectivity index (χ2v) is 5.62. The topological polar surface area (TPSA) is 41.5 Å². The normalized spacial score (nSPS) is 11.6. The number of nitrogens with zero attached hydrogens (tertiary/aromatic N) is 1. The van der Waals surface area contributed by atoms with Crippen LogP contribution in [0.2, 0.25) is 0 Å². The van der Waals surface area contributed by atoms with E-state index in [1.807, 2.05) is 38.1 Å². The van der Waals surface area contributed by atoms with E-state index in [1.165, 1.54) is 0 Å². The molecule has 0 aromatic heterocycles. The summed E-state index contributed by atoms with van der Waals surface area (Å²) in [6.07, 6.45) is 1.74. The van der Waals surface area contributed by atoms with Crippen molar-refractivity contribution in [3.8, 4) is 0 Å². The van der Waals surface area contributed by atoms with Crippen LogP contribution in [0.3, 0.4) is 0 Å². The van der Waals surface area contributed by atoms with Crippen molar-refractivity contribution < 1.29 is 4.79 Å². The summed E-state index contributed by atoms with van der Waals surface area (Å²) < 4.78 is 0. The first kappa shape index (κ1) is 14.3. The molecule has 1 N–H and O–H groups in total. The number of benzene rings is 3. The Morgan fingerprint density at radius 1 is 1.00 bits per heavy atom. The van der Waals surface area contributed by atoms with Gasteiger partial charge in [-0.05, 0) is 27.6 Å². The molecule has 3 aromatic carbocycles. The highest BCUT2D eigenvalue weighted by Crippen LogP contribution is 2.27. The van der Waals surface area contributed by atoms with E-state index >= 15 is 0 Å². The summed E-state index contributed by atoms with van der Waals surface area (Å²) in [6, 6.07) is 18.6. The molecule has 3 heteroatoms. The van der Waals surface area contributed by atoms with Crippen molar-refractivity contribution in [1.29, 1.82) is 0 Å². The molecule has 22 heavy (non-hydrogen) atoms. The Morgan fingerprint density at radius 2 is 1.55 bits per heavy atom. The lowest BCUT2D eigenvalue weighted by Crippen LogP contribution is -2.22. The Hall–Kier alpha value is -2.68. The fourth-order valence-electron chi connectivity index (χ4n) is 2.48. The van der Waals surface area contributed by atoms with Crippen LogP contribution < -0.4 is 5.43 Å². The minimum Gasteiger partial charge on any atom is -0.273 e. The largest absolute Gasteiger partial charge is 0.273 e. The van der Waals surface area contributed by atoms with E-state index in [-0.39, 0.29) is 11.8 Å². The number of rotatable bonds is 3. The Kier molecular flexibility index (Phi) is 3.88. The minimum absolute atomic E-state index is 0.0820. The predicted molar refractivity (Wildman–Crippen MR) is 92.0 cm³/mol. The zero-order valence-corrected chi connectivity index (χ0v) is 12.7. The lowest BCUT2D eigenvalue weighted by molar-refractivity contribution is -0.123. The Labute approximate surface area is 129 Å². The van der Waals surface area contributed by atoms with Crippen molar-refractivity contribution in [2.24, 2.45) is 11.0 Å². The quantitative estimate of drug-likeness (QED) is 0.440. The number of hydrogen-bond donors (Lipinski definition) is 1. The van der Waals surface area contributed by atoms with Crippen LogP contribution in [0.15, 0.2) is 59.7 Å². The molecule has 0 unspecified atom stereocenters. The molecule has 0 aliphatic rings. The number of carbonyl (C=O) groups excluding carboxylic acids is 1. The van der Waals surface area contributed by atoms with Crippen LogP contribution in [-0.2, 0) is 4.79 Å². The fourth-order valence-corrected chi connectivity index (χ4v) is 2.48. The molecule has 3 nitrogen and oxygen atoms in total. The van der Waals surface area contributed by atoms with Gasteiger partial charge in [0.15, 0.2) is 0 Å². The number of nitrogens with one attached hydrogen (secondary N) is 1. The Bertz CT molecular complexity index is 812. The van der Waals surface area contributed by atoms with Crippen LogP contribution in [0, 0.1) is 5.92 Å². The highest BCUT2D eigenvalue weighted by Gasteiger charge is 2.07. The van der Waals surface area contributed by atoms with E-state index in [9.17, 15) is 4.79 Å². The number of hydrazone groups is 1. The van der Waals surface area contributed by atoms with E-state index in [4.69, 9.17) is 0 Å². The van der Waals surface area contributed by atoms with Crippen molar-refractivity contribution in [1.82, 2.24) is 5.43 Å². The van der Waals surface area contributed by atoms with Gasteiger partial charge in [0.2, 0.25) is 5.91 Å². The molecule has 0 radical (unpaired) electrons. The molecule has 0 heterocycles. The molecule has 0 fully saturated rings. The van der Waals surface area contributed by atoms with E-state index in [2.05, 4.69) is 40.9 Å². The second kappa shape index (κ2) is 5.98. The standard InChI is InChI=1S/C19H18N2O/c1-13(2)19(22)21-20-12-18-16-9-5-3-7-14(16)11-15-8-4-6-10-17(15)18/h3-13H,1-2H3,(H,21,22)/b20-12+. The van der Waals surface area contributed by atoms with E-state index in [0.717, 1.165) is 27.1 Å². The van der Waals surface area contributed by atoms with Gasteiger partial charge in [-0.15, -0.1) is 0 Å². The first-order valence-corrected chi connectivity index (χ1v) is 7.40. The molecule has 1 amide bonds. The third kappa shape index (κ3) is 2.70. The van der Waals surface area contributed by atoms with E-state index in [1.54, 1.807) is 6.21 Å². The lowest BCUT2D eigenvalue weighted by atomic mass is 9.97. The highest BCUT2D eigenvalue weighted by atomic mass is 16.2. The van der Waals surface area contributed by atoms with Gasteiger partial charge in [0, 0.05) is 11.5 Å². The summed E-state index contributed by atoms with van der Waals surface area (Å²) in [5.74, 6) is -0.165. The zero-order valence-electron chi connectivity index (χ0n) is 12.7. The van der Waals surface area contributed by atoms with Crippen LogP contribution in [0.25, 0.3) is 21.5 Å². The molecule has 0 aliphatic heterocycles. The van der Waals surface area contributed by atoms with Crippen LogP contribution in [0.5, 0.6) is 0 Å². The summed E-state index contributed by atoms with van der Waals surface area (Å²) >= 11 is 0. The van der Waals surface area contributed by atoms with Crippen molar-refractivity contribution in [2.45, 2.75) is 13.8 Å². The molecule has 0 bridgehead atoms. The van der Waals surface area contributed by atoms with Crippen LogP contribution in [-0.4, -0.2) is 12.1 Å². The van der Waals surface area contributed by atoms with Gasteiger partial charge in [0.25, 0.3) is 0 Å². The molecule has 3 aromatic rings. The van der Waals surface area contributed by atoms with Gasteiger partial charge in [-0.2, -0.15) is 5.10 Å². The smallest absolute Gasteiger partial charge is 0.242 e. The summed E-state index contributed by atoms with van der Waals surface area (Å²) in [4.78, 5) is 11.6. The first-order chi connectivity index (χ1) is 10.7. The molecule has 0 saturated carbocycles. The number of fused-ring (bicyclic) bond motifs is 2. The SMILES string of the molecule is CC(C)C(=O)N/N=C/c1c2ccccc2cc2ccccc12. The molecule has 0 atom stereocenters. The van der Waals surface area contributed by atoms with Gasteiger partial charge in [-0.3, -0.25) is 4.79 Å². The monoisotopic (exact) mass is 290 g/mol. The van der Waals surface area contributed by atoms with Gasteiger partial charge >= 0.3 is 0 Å². The van der Waals surface area contributed by atoms with Crippen LogP contribution in [0.4, 0.5) is 0 Å². The Balaban J connectivity index is 2.12. The summed E-state index contributed by atoms with van der Waals surface area (Å²) in [5.41, 5.74) is 3.62. The van der Waals surface area contributed by atoms with Gasteiger partial charge < -0.3 is 0 Å². The van der Waals surface area contributed by atoms with Crippen molar-refractivity contribution in [3.05, 3.63) is 60.2 Å².